The standard InChI is InChI=1S/C11H21N3/c1-4-6-11(12-5-2)9-14-8-7-10(3)13-14/h7-8,11-12H,4-6,9H2,1-3H3. The van der Waals surface area contributed by atoms with Crippen molar-refractivity contribution in [2.75, 3.05) is 6.54 Å². The van der Waals surface area contributed by atoms with Crippen LogP contribution in [-0.4, -0.2) is 22.4 Å². The normalized spacial score (nSPS) is 13.1. The van der Waals surface area contributed by atoms with Gasteiger partial charge in [0.2, 0.25) is 0 Å². The van der Waals surface area contributed by atoms with Gasteiger partial charge in [0.25, 0.3) is 0 Å². The van der Waals surface area contributed by atoms with Crippen LogP contribution >= 0.6 is 0 Å². The summed E-state index contributed by atoms with van der Waals surface area (Å²) in [4.78, 5) is 0. The molecule has 0 fully saturated rings. The van der Waals surface area contributed by atoms with Crippen molar-refractivity contribution in [2.45, 2.75) is 46.2 Å². The molecule has 80 valence electrons. The number of nitrogens with zero attached hydrogens (tertiary/aromatic N) is 2. The monoisotopic (exact) mass is 195 g/mol. The van der Waals surface area contributed by atoms with Gasteiger partial charge < -0.3 is 5.32 Å². The van der Waals surface area contributed by atoms with Gasteiger partial charge in [-0.1, -0.05) is 20.3 Å². The van der Waals surface area contributed by atoms with E-state index in [1.807, 2.05) is 11.6 Å². The molecule has 0 aliphatic rings. The minimum Gasteiger partial charge on any atom is -0.312 e. The van der Waals surface area contributed by atoms with Crippen LogP contribution < -0.4 is 5.32 Å². The molecule has 1 atom stereocenters. The molecule has 14 heavy (non-hydrogen) atoms. The van der Waals surface area contributed by atoms with Crippen LogP contribution in [0, 0.1) is 6.92 Å². The Hall–Kier alpha value is -0.830. The molecule has 0 saturated carbocycles. The fourth-order valence-corrected chi connectivity index (χ4v) is 1.69. The second-order valence-electron chi connectivity index (χ2n) is 3.72. The first-order chi connectivity index (χ1) is 6.76. The third-order valence-corrected chi connectivity index (χ3v) is 2.31. The number of rotatable bonds is 6. The minimum atomic E-state index is 0.560. The fourth-order valence-electron chi connectivity index (χ4n) is 1.69. The third kappa shape index (κ3) is 3.50. The Morgan fingerprint density at radius 3 is 2.79 bits per heavy atom. The van der Waals surface area contributed by atoms with Gasteiger partial charge >= 0.3 is 0 Å². The second kappa shape index (κ2) is 5.81. The molecule has 1 rings (SSSR count). The maximum atomic E-state index is 4.39. The summed E-state index contributed by atoms with van der Waals surface area (Å²) in [6.45, 7) is 8.41. The Morgan fingerprint density at radius 1 is 1.50 bits per heavy atom. The predicted octanol–water partition coefficient (Wildman–Crippen LogP) is 1.97. The highest BCUT2D eigenvalue weighted by Crippen LogP contribution is 2.01. The lowest BCUT2D eigenvalue weighted by Gasteiger charge is -2.16. The van der Waals surface area contributed by atoms with Gasteiger partial charge in [0.15, 0.2) is 0 Å². The van der Waals surface area contributed by atoms with Gasteiger partial charge in [-0.2, -0.15) is 5.10 Å². The number of aromatic nitrogens is 2. The van der Waals surface area contributed by atoms with Crippen molar-refractivity contribution in [3.8, 4) is 0 Å². The molecule has 0 bridgehead atoms. The van der Waals surface area contributed by atoms with Crippen LogP contribution in [0.1, 0.15) is 32.4 Å². The zero-order valence-corrected chi connectivity index (χ0v) is 9.45. The topological polar surface area (TPSA) is 29.9 Å². The van der Waals surface area contributed by atoms with E-state index in [0.29, 0.717) is 6.04 Å². The Morgan fingerprint density at radius 2 is 2.29 bits per heavy atom. The molecule has 3 heteroatoms. The Labute approximate surface area is 86.5 Å². The molecule has 1 aromatic heterocycles. The summed E-state index contributed by atoms with van der Waals surface area (Å²) in [5.74, 6) is 0. The van der Waals surface area contributed by atoms with Gasteiger partial charge in [-0.15, -0.1) is 0 Å². The van der Waals surface area contributed by atoms with E-state index in [9.17, 15) is 0 Å². The molecule has 1 unspecified atom stereocenters. The molecule has 0 aliphatic carbocycles. The smallest absolute Gasteiger partial charge is 0.0593 e. The molecule has 3 nitrogen and oxygen atoms in total. The molecule has 0 aromatic carbocycles. The quantitative estimate of drug-likeness (QED) is 0.752. The summed E-state index contributed by atoms with van der Waals surface area (Å²) < 4.78 is 2.03. The zero-order valence-electron chi connectivity index (χ0n) is 9.45. The van der Waals surface area contributed by atoms with Gasteiger partial charge in [-0.05, 0) is 26.0 Å². The average molecular weight is 195 g/mol. The first-order valence-electron chi connectivity index (χ1n) is 5.49. The molecular formula is C11H21N3. The van der Waals surface area contributed by atoms with E-state index in [1.54, 1.807) is 0 Å². The van der Waals surface area contributed by atoms with Crippen LogP contribution in [0.25, 0.3) is 0 Å². The van der Waals surface area contributed by atoms with Crippen LogP contribution in [0.5, 0.6) is 0 Å². The van der Waals surface area contributed by atoms with Crippen molar-refractivity contribution in [1.29, 1.82) is 0 Å². The van der Waals surface area contributed by atoms with Gasteiger partial charge in [0, 0.05) is 12.2 Å². The number of hydrogen-bond donors (Lipinski definition) is 1. The van der Waals surface area contributed by atoms with Crippen molar-refractivity contribution >= 4 is 0 Å². The number of hydrogen-bond acceptors (Lipinski definition) is 2. The molecule has 1 aromatic rings. The summed E-state index contributed by atoms with van der Waals surface area (Å²) in [5, 5.41) is 7.87. The molecule has 0 saturated heterocycles. The molecular weight excluding hydrogens is 174 g/mol. The SMILES string of the molecule is CCCC(Cn1ccc(C)n1)NCC. The zero-order chi connectivity index (χ0) is 10.4. The Bertz CT molecular complexity index is 249. The van der Waals surface area contributed by atoms with Crippen LogP contribution in [0.3, 0.4) is 0 Å². The van der Waals surface area contributed by atoms with E-state index < -0.39 is 0 Å². The first-order valence-corrected chi connectivity index (χ1v) is 5.49. The highest BCUT2D eigenvalue weighted by molar-refractivity contribution is 4.95. The van der Waals surface area contributed by atoms with E-state index in [1.165, 1.54) is 12.8 Å². The highest BCUT2D eigenvalue weighted by atomic mass is 15.3. The molecule has 0 radical (unpaired) electrons. The lowest BCUT2D eigenvalue weighted by Crippen LogP contribution is -2.33. The van der Waals surface area contributed by atoms with Gasteiger partial charge in [0.1, 0.15) is 0 Å². The summed E-state index contributed by atoms with van der Waals surface area (Å²) in [6, 6.07) is 2.61. The fraction of sp³-hybridized carbons (Fsp3) is 0.727. The van der Waals surface area contributed by atoms with E-state index >= 15 is 0 Å². The van der Waals surface area contributed by atoms with E-state index in [4.69, 9.17) is 0 Å². The first kappa shape index (κ1) is 11.2. The molecule has 0 aliphatic heterocycles. The van der Waals surface area contributed by atoms with Crippen molar-refractivity contribution in [1.82, 2.24) is 15.1 Å². The third-order valence-electron chi connectivity index (χ3n) is 2.31. The summed E-state index contributed by atoms with van der Waals surface area (Å²) in [5.41, 5.74) is 1.09. The second-order valence-corrected chi connectivity index (χ2v) is 3.72. The maximum absolute atomic E-state index is 4.39. The van der Waals surface area contributed by atoms with Gasteiger partial charge in [-0.3, -0.25) is 4.68 Å². The van der Waals surface area contributed by atoms with Crippen LogP contribution in [-0.2, 0) is 6.54 Å². The van der Waals surface area contributed by atoms with Crippen LogP contribution in [0.2, 0.25) is 0 Å². The van der Waals surface area contributed by atoms with E-state index in [2.05, 4.69) is 36.5 Å². The number of aryl methyl sites for hydroxylation is 1. The van der Waals surface area contributed by atoms with Crippen LogP contribution in [0.4, 0.5) is 0 Å². The van der Waals surface area contributed by atoms with Gasteiger partial charge in [-0.25, -0.2) is 0 Å². The van der Waals surface area contributed by atoms with Gasteiger partial charge in [0.05, 0.1) is 12.2 Å². The number of likely N-dealkylation sites (N-methyl/N-ethyl adjacent to an activating group) is 1. The highest BCUT2D eigenvalue weighted by Gasteiger charge is 2.06. The lowest BCUT2D eigenvalue weighted by atomic mass is 10.1. The van der Waals surface area contributed by atoms with Crippen molar-refractivity contribution in [3.05, 3.63) is 18.0 Å². The Balaban J connectivity index is 2.46. The summed E-state index contributed by atoms with van der Waals surface area (Å²) >= 11 is 0. The van der Waals surface area contributed by atoms with Crippen molar-refractivity contribution in [3.63, 3.8) is 0 Å². The van der Waals surface area contributed by atoms with E-state index in [-0.39, 0.29) is 0 Å². The molecule has 1 N–H and O–H groups in total. The van der Waals surface area contributed by atoms with Crippen LogP contribution in [0.15, 0.2) is 12.3 Å². The number of nitrogens with one attached hydrogen (secondary N) is 1. The van der Waals surface area contributed by atoms with E-state index in [0.717, 1.165) is 18.8 Å². The predicted molar refractivity (Wildman–Crippen MR) is 59.3 cm³/mol. The maximum Gasteiger partial charge on any atom is 0.0593 e. The van der Waals surface area contributed by atoms with Crippen molar-refractivity contribution in [2.24, 2.45) is 0 Å². The summed E-state index contributed by atoms with van der Waals surface area (Å²) in [7, 11) is 0. The molecule has 0 spiro atoms. The minimum absolute atomic E-state index is 0.560. The largest absolute Gasteiger partial charge is 0.312 e. The Kier molecular flexibility index (Phi) is 4.66. The average Bonchev–Trinajstić information content (AvgIpc) is 2.52. The molecule has 0 amide bonds. The van der Waals surface area contributed by atoms with Crippen molar-refractivity contribution < 1.29 is 0 Å². The molecule has 1 heterocycles. The summed E-state index contributed by atoms with van der Waals surface area (Å²) in [6.07, 6.45) is 4.49. The lowest BCUT2D eigenvalue weighted by molar-refractivity contribution is 0.408.